The van der Waals surface area contributed by atoms with Gasteiger partial charge in [0.2, 0.25) is 6.79 Å². The van der Waals surface area contributed by atoms with Gasteiger partial charge in [-0.25, -0.2) is 10.2 Å². The fraction of sp³-hybridized carbons (Fsp3) is 0.333. The summed E-state index contributed by atoms with van der Waals surface area (Å²) in [5.74, 6) is 1.47. The highest BCUT2D eigenvalue weighted by Crippen LogP contribution is 2.32. The van der Waals surface area contributed by atoms with Gasteiger partial charge in [0.25, 0.3) is 0 Å². The summed E-state index contributed by atoms with van der Waals surface area (Å²) >= 11 is 0. The molecule has 0 saturated carbocycles. The van der Waals surface area contributed by atoms with Gasteiger partial charge in [0.1, 0.15) is 5.60 Å². The molecule has 1 aromatic carbocycles. The lowest BCUT2D eigenvalue weighted by Crippen LogP contribution is -2.29. The van der Waals surface area contributed by atoms with Crippen molar-refractivity contribution in [2.45, 2.75) is 26.4 Å². The monoisotopic (exact) mass is 290 g/mol. The van der Waals surface area contributed by atoms with Crippen molar-refractivity contribution < 1.29 is 19.0 Å². The van der Waals surface area contributed by atoms with Gasteiger partial charge in [-0.1, -0.05) is 12.1 Å². The van der Waals surface area contributed by atoms with Crippen LogP contribution in [0.4, 0.5) is 4.79 Å². The smallest absolute Gasteiger partial charge is 0.428 e. The number of fused-ring (bicyclic) bond motifs is 1. The Balaban J connectivity index is 1.82. The molecule has 21 heavy (non-hydrogen) atoms. The fourth-order valence-electron chi connectivity index (χ4n) is 1.60. The Bertz CT molecular complexity index is 574. The first-order valence-corrected chi connectivity index (χ1v) is 6.52. The standard InChI is InChI=1S/C15H18N2O4/c1-15(2,3)21-14(18)17-16-8-4-5-11-6-7-12-13(9-11)20-10-19-12/h4-9H,10H2,1-3H3,(H,17,18)/b5-4+,16-8?. The zero-order valence-corrected chi connectivity index (χ0v) is 12.3. The molecule has 1 heterocycles. The molecule has 0 radical (unpaired) electrons. The number of ether oxygens (including phenoxy) is 3. The molecule has 0 atom stereocenters. The molecule has 0 fully saturated rings. The minimum Gasteiger partial charge on any atom is -0.454 e. The summed E-state index contributed by atoms with van der Waals surface area (Å²) < 4.78 is 15.5. The minimum atomic E-state index is -0.588. The lowest BCUT2D eigenvalue weighted by molar-refractivity contribution is 0.0529. The van der Waals surface area contributed by atoms with Crippen LogP contribution in [0.3, 0.4) is 0 Å². The summed E-state index contributed by atoms with van der Waals surface area (Å²) in [6, 6.07) is 5.62. The van der Waals surface area contributed by atoms with Gasteiger partial charge in [0.05, 0.1) is 0 Å². The van der Waals surface area contributed by atoms with Crippen molar-refractivity contribution >= 4 is 18.4 Å². The number of allylic oxidation sites excluding steroid dienone is 1. The van der Waals surface area contributed by atoms with E-state index in [0.29, 0.717) is 0 Å². The summed E-state index contributed by atoms with van der Waals surface area (Å²) in [5.41, 5.74) is 2.69. The zero-order valence-electron chi connectivity index (χ0n) is 12.3. The van der Waals surface area contributed by atoms with E-state index >= 15 is 0 Å². The van der Waals surface area contributed by atoms with E-state index in [1.807, 2.05) is 24.3 Å². The number of hydrazone groups is 1. The number of rotatable bonds is 3. The summed E-state index contributed by atoms with van der Waals surface area (Å²) in [5, 5.41) is 3.75. The molecule has 0 aliphatic carbocycles. The fourth-order valence-corrected chi connectivity index (χ4v) is 1.60. The molecule has 0 saturated heterocycles. The maximum Gasteiger partial charge on any atom is 0.428 e. The normalized spacial score (nSPS) is 13.9. The van der Waals surface area contributed by atoms with Gasteiger partial charge in [0.15, 0.2) is 11.5 Å². The molecular formula is C15H18N2O4. The Morgan fingerprint density at radius 2 is 2.10 bits per heavy atom. The van der Waals surface area contributed by atoms with Crippen LogP contribution in [0.2, 0.25) is 0 Å². The number of carbonyl (C=O) groups is 1. The number of carbonyl (C=O) groups excluding carboxylic acids is 1. The Labute approximate surface area is 123 Å². The van der Waals surface area contributed by atoms with Crippen LogP contribution < -0.4 is 14.9 Å². The second kappa shape index (κ2) is 6.30. The lowest BCUT2D eigenvalue weighted by atomic mass is 10.2. The summed E-state index contributed by atoms with van der Waals surface area (Å²) in [6.45, 7) is 5.62. The van der Waals surface area contributed by atoms with E-state index < -0.39 is 11.7 Å². The van der Waals surface area contributed by atoms with E-state index in [4.69, 9.17) is 14.2 Å². The molecule has 2 rings (SSSR count). The van der Waals surface area contributed by atoms with Gasteiger partial charge < -0.3 is 14.2 Å². The maximum atomic E-state index is 11.3. The average Bonchev–Trinajstić information content (AvgIpc) is 2.83. The second-order valence-corrected chi connectivity index (χ2v) is 5.36. The Hall–Kier alpha value is -2.50. The lowest BCUT2D eigenvalue weighted by Gasteiger charge is -2.18. The molecule has 6 heteroatoms. The highest BCUT2D eigenvalue weighted by atomic mass is 16.7. The first-order chi connectivity index (χ1) is 9.94. The third-order valence-electron chi connectivity index (χ3n) is 2.40. The van der Waals surface area contributed by atoms with E-state index in [1.54, 1.807) is 26.8 Å². The van der Waals surface area contributed by atoms with Crippen LogP contribution in [0.5, 0.6) is 11.5 Å². The number of benzene rings is 1. The van der Waals surface area contributed by atoms with Crippen molar-refractivity contribution in [1.29, 1.82) is 0 Å². The average molecular weight is 290 g/mol. The van der Waals surface area contributed by atoms with E-state index in [-0.39, 0.29) is 6.79 Å². The van der Waals surface area contributed by atoms with Crippen molar-refractivity contribution in [2.75, 3.05) is 6.79 Å². The minimum absolute atomic E-state index is 0.254. The van der Waals surface area contributed by atoms with Crippen LogP contribution in [0.1, 0.15) is 26.3 Å². The first-order valence-electron chi connectivity index (χ1n) is 6.52. The van der Waals surface area contributed by atoms with E-state index in [0.717, 1.165) is 17.1 Å². The summed E-state index contributed by atoms with van der Waals surface area (Å²) in [4.78, 5) is 11.3. The molecule has 1 N–H and O–H groups in total. The predicted molar refractivity (Wildman–Crippen MR) is 79.5 cm³/mol. The van der Waals surface area contributed by atoms with Crippen LogP contribution >= 0.6 is 0 Å². The van der Waals surface area contributed by atoms with Gasteiger partial charge in [0, 0.05) is 6.21 Å². The number of amides is 1. The quantitative estimate of drug-likeness (QED) is 0.686. The highest BCUT2D eigenvalue weighted by molar-refractivity contribution is 5.79. The third-order valence-corrected chi connectivity index (χ3v) is 2.40. The predicted octanol–water partition coefficient (Wildman–Crippen LogP) is 2.94. The van der Waals surface area contributed by atoms with Gasteiger partial charge in [-0.05, 0) is 44.5 Å². The van der Waals surface area contributed by atoms with Crippen molar-refractivity contribution in [3.8, 4) is 11.5 Å². The summed E-state index contributed by atoms with van der Waals surface area (Å²) in [7, 11) is 0. The van der Waals surface area contributed by atoms with Crippen molar-refractivity contribution in [3.63, 3.8) is 0 Å². The SMILES string of the molecule is CC(C)(C)OC(=O)NN=C/C=C/c1ccc2c(c1)OCO2. The molecule has 112 valence electrons. The molecule has 1 aliphatic heterocycles. The van der Waals surface area contributed by atoms with Crippen LogP contribution in [0.15, 0.2) is 29.4 Å². The molecule has 0 aromatic heterocycles. The van der Waals surface area contributed by atoms with Crippen LogP contribution in [0, 0.1) is 0 Å². The summed E-state index contributed by atoms with van der Waals surface area (Å²) in [6.07, 6.45) is 4.42. The Morgan fingerprint density at radius 1 is 1.33 bits per heavy atom. The van der Waals surface area contributed by atoms with Gasteiger partial charge in [-0.3, -0.25) is 0 Å². The van der Waals surface area contributed by atoms with Gasteiger partial charge >= 0.3 is 6.09 Å². The maximum absolute atomic E-state index is 11.3. The molecule has 0 bridgehead atoms. The van der Waals surface area contributed by atoms with Gasteiger partial charge in [-0.2, -0.15) is 5.10 Å². The van der Waals surface area contributed by atoms with Crippen molar-refractivity contribution in [2.24, 2.45) is 5.10 Å². The number of nitrogens with one attached hydrogen (secondary N) is 1. The van der Waals surface area contributed by atoms with E-state index in [9.17, 15) is 4.79 Å². The first kappa shape index (κ1) is 14.9. The van der Waals surface area contributed by atoms with Crippen molar-refractivity contribution in [1.82, 2.24) is 5.43 Å². The van der Waals surface area contributed by atoms with Gasteiger partial charge in [-0.15, -0.1) is 0 Å². The topological polar surface area (TPSA) is 69.2 Å². The van der Waals surface area contributed by atoms with Crippen LogP contribution in [0.25, 0.3) is 6.08 Å². The third kappa shape index (κ3) is 4.83. The van der Waals surface area contributed by atoms with Crippen molar-refractivity contribution in [3.05, 3.63) is 29.8 Å². The number of nitrogens with zero attached hydrogens (tertiary/aromatic N) is 1. The Kier molecular flexibility index (Phi) is 4.47. The second-order valence-electron chi connectivity index (χ2n) is 5.36. The molecule has 1 amide bonds. The van der Waals surface area contributed by atoms with E-state index in [1.165, 1.54) is 6.21 Å². The molecule has 0 unspecified atom stereocenters. The molecule has 1 aromatic rings. The van der Waals surface area contributed by atoms with Crippen LogP contribution in [-0.4, -0.2) is 24.7 Å². The Morgan fingerprint density at radius 3 is 2.86 bits per heavy atom. The number of hydrogen-bond donors (Lipinski definition) is 1. The number of hydrogen-bond acceptors (Lipinski definition) is 5. The van der Waals surface area contributed by atoms with E-state index in [2.05, 4.69) is 10.5 Å². The molecule has 0 spiro atoms. The molecule has 1 aliphatic rings. The zero-order chi connectivity index (χ0) is 15.3. The van der Waals surface area contributed by atoms with Crippen LogP contribution in [-0.2, 0) is 4.74 Å². The molecule has 6 nitrogen and oxygen atoms in total. The highest BCUT2D eigenvalue weighted by Gasteiger charge is 2.15. The largest absolute Gasteiger partial charge is 0.454 e. The molecular weight excluding hydrogens is 272 g/mol.